The van der Waals surface area contributed by atoms with Crippen molar-refractivity contribution >= 4 is 0 Å². The van der Waals surface area contributed by atoms with E-state index in [1.807, 2.05) is 0 Å². The maximum Gasteiger partial charge on any atom is 0.460 e. The lowest BCUT2D eigenvalue weighted by molar-refractivity contribution is -0.399. The van der Waals surface area contributed by atoms with Gasteiger partial charge in [0.15, 0.2) is 0 Å². The van der Waals surface area contributed by atoms with Crippen molar-refractivity contribution in [3.63, 3.8) is 0 Å². The molecule has 17 aliphatic rings. The third kappa shape index (κ3) is 4.40. The second-order valence-corrected chi connectivity index (χ2v) is 28.1. The molecular weight excluding hydrogens is 1080 g/mol. The normalized spacial score (nSPS) is 52.4. The smallest absolute Gasteiger partial charge is 0.240 e. The molecule has 2 aromatic rings. The van der Waals surface area contributed by atoms with E-state index in [0.29, 0.717) is 94.7 Å². The highest BCUT2D eigenvalue weighted by molar-refractivity contribution is 5.54. The maximum atomic E-state index is 15.7. The largest absolute Gasteiger partial charge is 0.460 e. The van der Waals surface area contributed by atoms with Crippen LogP contribution in [0.15, 0.2) is 60.2 Å². The lowest BCUT2D eigenvalue weighted by Gasteiger charge is -2.61. The van der Waals surface area contributed by atoms with Gasteiger partial charge in [0.2, 0.25) is 0 Å². The molecule has 13 fully saturated rings. The number of alkyl halides is 18. The topological polar surface area (TPSA) is 51.6 Å². The predicted molar refractivity (Wildman–Crippen MR) is 233 cm³/mol. The van der Waals surface area contributed by atoms with Crippen LogP contribution in [0.3, 0.4) is 0 Å². The summed E-state index contributed by atoms with van der Waals surface area (Å²) in [6.07, 6.45) is -0.227. The standard InChI is InChI=1S/C57H46F18N4/c58-50(59,52(62,63)54(66,67)56(70,71)72)13-9-76-47(77-10-13)49(48-78-11-14(12-79-48)51(60,61)53(64,65)55(68,69)57(73,74)75)45-31-21-7-5-19-17-3-1-15-16-2-4-18-20-6-8-22-30-28(20)35-26(18)24(16)33-23(15)25(17)34-27(19)29(21)36-38(31)39(32(22)46(45)49)37(30)44-42(35)40(33)41(34)43(36)44/h1,3,5,7,9-12,15-33,35-40,42-46H,2,4,6,8H2. The fourth-order valence-electron chi connectivity index (χ4n) is 27.0. The molecule has 2 heterocycles. The van der Waals surface area contributed by atoms with Crippen LogP contribution < -0.4 is 0 Å². The molecule has 0 bridgehead atoms. The lowest BCUT2D eigenvalue weighted by atomic mass is 9.43. The maximum absolute atomic E-state index is 15.7. The Labute approximate surface area is 437 Å². The minimum atomic E-state index is -7.26. The lowest BCUT2D eigenvalue weighted by Crippen LogP contribution is -2.59. The van der Waals surface area contributed by atoms with Crippen LogP contribution in [0.1, 0.15) is 48.5 Å². The number of allylic oxidation sites excluding steroid dienone is 6. The first kappa shape index (κ1) is 47.6. The molecule has 30 atom stereocenters. The highest BCUT2D eigenvalue weighted by Crippen LogP contribution is 2.94. The van der Waals surface area contributed by atoms with Crippen LogP contribution in [-0.4, -0.2) is 56.0 Å². The van der Waals surface area contributed by atoms with Crippen LogP contribution in [0.25, 0.3) is 0 Å². The summed E-state index contributed by atoms with van der Waals surface area (Å²) in [4.78, 5) is 16.5. The molecule has 2 aromatic heterocycles. The number of nitrogens with zero attached hydrogens (tertiary/aromatic N) is 4. The molecule has 0 saturated heterocycles. The highest BCUT2D eigenvalue weighted by Gasteiger charge is 2.92. The fraction of sp³-hybridized carbons (Fsp3) is 0.754. The number of aromatic nitrogens is 4. The first-order valence-electron chi connectivity index (χ1n) is 28.3. The van der Waals surface area contributed by atoms with Crippen LogP contribution in [0.5, 0.6) is 0 Å². The van der Waals surface area contributed by atoms with E-state index in [0.717, 1.165) is 12.8 Å². The van der Waals surface area contributed by atoms with Gasteiger partial charge in [0, 0.05) is 24.8 Å². The highest BCUT2D eigenvalue weighted by atomic mass is 19.4. The summed E-state index contributed by atoms with van der Waals surface area (Å²) in [6, 6.07) is 0. The van der Waals surface area contributed by atoms with Crippen LogP contribution in [-0.2, 0) is 17.3 Å². The van der Waals surface area contributed by atoms with E-state index in [4.69, 9.17) is 0 Å². The predicted octanol–water partition coefficient (Wildman–Crippen LogP) is 13.1. The Bertz CT molecular complexity index is 3150. The molecule has 0 aromatic carbocycles. The zero-order valence-corrected chi connectivity index (χ0v) is 40.9. The Morgan fingerprint density at radius 1 is 0.316 bits per heavy atom. The molecule has 0 amide bonds. The second-order valence-electron chi connectivity index (χ2n) is 28.1. The van der Waals surface area contributed by atoms with Gasteiger partial charge in [-0.05, 0) is 203 Å². The number of hydrogen-bond acceptors (Lipinski definition) is 4. The van der Waals surface area contributed by atoms with Crippen molar-refractivity contribution in [2.75, 3.05) is 0 Å². The van der Waals surface area contributed by atoms with Gasteiger partial charge in [0.25, 0.3) is 0 Å². The number of hydrogen-bond donors (Lipinski definition) is 0. The van der Waals surface area contributed by atoms with Crippen LogP contribution in [0.2, 0.25) is 0 Å². The van der Waals surface area contributed by atoms with Crippen molar-refractivity contribution < 1.29 is 79.0 Å². The number of fused-ring (bicyclic) bond motifs is 8. The van der Waals surface area contributed by atoms with Crippen molar-refractivity contribution in [3.8, 4) is 0 Å². The Kier molecular flexibility index (Phi) is 7.87. The molecule has 0 radical (unpaired) electrons. The molecule has 19 rings (SSSR count). The third-order valence-electron chi connectivity index (χ3n) is 27.5. The van der Waals surface area contributed by atoms with E-state index in [-0.39, 0.29) is 95.8 Å². The van der Waals surface area contributed by atoms with Crippen molar-refractivity contribution in [1.82, 2.24) is 19.9 Å². The Morgan fingerprint density at radius 3 is 1.16 bits per heavy atom. The molecule has 0 N–H and O–H groups in total. The summed E-state index contributed by atoms with van der Waals surface area (Å²) in [5.74, 6) is -34.8. The summed E-state index contributed by atoms with van der Waals surface area (Å²) in [5, 5.41) is 0. The van der Waals surface area contributed by atoms with Gasteiger partial charge in [0.05, 0.1) is 16.5 Å². The van der Waals surface area contributed by atoms with E-state index in [1.165, 1.54) is 12.8 Å². The molecule has 30 unspecified atom stereocenters. The third-order valence-corrected chi connectivity index (χ3v) is 27.5. The first-order valence-corrected chi connectivity index (χ1v) is 28.3. The van der Waals surface area contributed by atoms with E-state index in [2.05, 4.69) is 44.2 Å². The average molecular weight is 1130 g/mol. The monoisotopic (exact) mass is 1130 g/mol. The fourth-order valence-corrected chi connectivity index (χ4v) is 27.0. The number of halogens is 18. The van der Waals surface area contributed by atoms with Crippen LogP contribution in [0.4, 0.5) is 79.0 Å². The zero-order chi connectivity index (χ0) is 54.6. The van der Waals surface area contributed by atoms with Crippen molar-refractivity contribution in [1.29, 1.82) is 0 Å². The molecule has 79 heavy (non-hydrogen) atoms. The summed E-state index contributed by atoms with van der Waals surface area (Å²) in [7, 11) is 0. The first-order chi connectivity index (χ1) is 37.1. The Morgan fingerprint density at radius 2 is 0.658 bits per heavy atom. The average Bonchev–Trinajstić information content (AvgIpc) is 1.45. The van der Waals surface area contributed by atoms with Crippen molar-refractivity contribution in [3.05, 3.63) is 83.0 Å². The van der Waals surface area contributed by atoms with Gasteiger partial charge in [0.1, 0.15) is 11.6 Å². The Hall–Kier alpha value is -3.88. The molecule has 13 saturated carbocycles. The van der Waals surface area contributed by atoms with Gasteiger partial charge in [-0.3, -0.25) is 0 Å². The zero-order valence-electron chi connectivity index (χ0n) is 40.9. The summed E-state index contributed by atoms with van der Waals surface area (Å²) in [5.41, 5.74) is -2.70. The van der Waals surface area contributed by atoms with Crippen LogP contribution >= 0.6 is 0 Å². The minimum absolute atomic E-state index is 0.00970. The molecule has 22 heteroatoms. The summed E-state index contributed by atoms with van der Waals surface area (Å²) in [6.45, 7) is 0. The van der Waals surface area contributed by atoms with Crippen LogP contribution in [0, 0.1) is 178 Å². The molecule has 4 nitrogen and oxygen atoms in total. The molecule has 0 aliphatic heterocycles. The summed E-state index contributed by atoms with van der Waals surface area (Å²) >= 11 is 0. The number of rotatable bonds is 8. The van der Waals surface area contributed by atoms with E-state index >= 15 is 35.1 Å². The van der Waals surface area contributed by atoms with Gasteiger partial charge in [-0.2, -0.15) is 79.0 Å². The van der Waals surface area contributed by atoms with E-state index in [1.54, 1.807) is 11.1 Å². The van der Waals surface area contributed by atoms with Gasteiger partial charge < -0.3 is 0 Å². The minimum Gasteiger partial charge on any atom is -0.240 e. The molecule has 0 spiro atoms. The molecular formula is C57H46F18N4. The Balaban J connectivity index is 0.829. The summed E-state index contributed by atoms with van der Waals surface area (Å²) < 4.78 is 260. The van der Waals surface area contributed by atoms with Gasteiger partial charge in [-0.25, -0.2) is 19.9 Å². The second kappa shape index (κ2) is 13.1. The van der Waals surface area contributed by atoms with E-state index in [9.17, 15) is 43.9 Å². The van der Waals surface area contributed by atoms with E-state index < -0.39 is 87.9 Å². The SMILES string of the molecule is FC(F)(F)C(F)(F)C(F)(F)C(F)(F)c1cnc(C2(c3ncc(C(F)(F)C(F)(F)C(F)(F)C(F)(F)F)cn3)C3C4C5C=CC6C7C=CC8C9CCC%10C%11CCC%12C%13C%11C%11C%10C9C9C%10C%14=C(C7C89)C6C5C5C%14C(C%10%11)C%13C(C54)C%12C32)nc1. The van der Waals surface area contributed by atoms with Gasteiger partial charge >= 0.3 is 47.9 Å². The van der Waals surface area contributed by atoms with Crippen molar-refractivity contribution in [2.24, 2.45) is 178 Å². The molecule has 17 aliphatic carbocycles. The van der Waals surface area contributed by atoms with Crippen molar-refractivity contribution in [2.45, 2.75) is 79.0 Å². The quantitative estimate of drug-likeness (QED) is 0.195. The van der Waals surface area contributed by atoms with Gasteiger partial charge in [-0.15, -0.1) is 0 Å². The van der Waals surface area contributed by atoms with Gasteiger partial charge in [-0.1, -0.05) is 35.5 Å². The molecule has 420 valence electrons.